The Morgan fingerprint density at radius 1 is 1.40 bits per heavy atom. The Morgan fingerprint density at radius 3 is 2.80 bits per heavy atom. The van der Waals surface area contributed by atoms with Crippen LogP contribution in [-0.2, 0) is 0 Å². The van der Waals surface area contributed by atoms with Crippen LogP contribution in [0.15, 0.2) is 6.07 Å². The van der Waals surface area contributed by atoms with Crippen molar-refractivity contribution in [1.82, 2.24) is 14.6 Å². The molecule has 0 amide bonds. The van der Waals surface area contributed by atoms with E-state index in [1.54, 1.807) is 4.52 Å². The van der Waals surface area contributed by atoms with Gasteiger partial charge in [-0.25, -0.2) is 9.50 Å². The van der Waals surface area contributed by atoms with Crippen LogP contribution in [0.3, 0.4) is 0 Å². The van der Waals surface area contributed by atoms with Gasteiger partial charge in [-0.2, -0.15) is 5.10 Å². The molecule has 0 aliphatic heterocycles. The highest BCUT2D eigenvalue weighted by molar-refractivity contribution is 6.34. The summed E-state index contributed by atoms with van der Waals surface area (Å²) in [5.41, 5.74) is 2.58. The van der Waals surface area contributed by atoms with Crippen molar-refractivity contribution in [3.8, 4) is 0 Å². The molecule has 2 aromatic rings. The first-order chi connectivity index (χ1) is 7.16. The lowest BCUT2D eigenvalue weighted by Gasteiger charge is -2.01. The average Bonchev–Trinajstić information content (AvgIpc) is 2.97. The van der Waals surface area contributed by atoms with Crippen LogP contribution in [0.5, 0.6) is 0 Å². The second-order valence-corrected chi connectivity index (χ2v) is 4.65. The highest BCUT2D eigenvalue weighted by Gasteiger charge is 2.27. The van der Waals surface area contributed by atoms with Gasteiger partial charge in [0.2, 0.25) is 0 Å². The first kappa shape index (κ1) is 9.43. The summed E-state index contributed by atoms with van der Waals surface area (Å²) in [5.74, 6) is 0.599. The molecule has 0 spiro atoms. The maximum Gasteiger partial charge on any atom is 0.158 e. The van der Waals surface area contributed by atoms with Crippen molar-refractivity contribution < 1.29 is 0 Å². The summed E-state index contributed by atoms with van der Waals surface area (Å²) in [7, 11) is 0. The van der Waals surface area contributed by atoms with E-state index in [4.69, 9.17) is 23.2 Å². The second kappa shape index (κ2) is 3.09. The lowest BCUT2D eigenvalue weighted by Crippen LogP contribution is -1.96. The molecule has 3 rings (SSSR count). The summed E-state index contributed by atoms with van der Waals surface area (Å²) in [6.45, 7) is 1.84. The van der Waals surface area contributed by atoms with Gasteiger partial charge in [0.15, 0.2) is 5.65 Å². The number of halogens is 2. The summed E-state index contributed by atoms with van der Waals surface area (Å²) in [6.07, 6.45) is 2.43. The minimum Gasteiger partial charge on any atom is -0.216 e. The smallest absolute Gasteiger partial charge is 0.158 e. The van der Waals surface area contributed by atoms with Crippen molar-refractivity contribution in [2.45, 2.75) is 25.7 Å². The van der Waals surface area contributed by atoms with Gasteiger partial charge in [0, 0.05) is 17.5 Å². The van der Waals surface area contributed by atoms with Crippen LogP contribution in [0.2, 0.25) is 10.3 Å². The third-order valence-corrected chi connectivity index (χ3v) is 3.53. The maximum absolute atomic E-state index is 6.15. The fraction of sp³-hybridized carbons (Fsp3) is 0.400. The molecule has 2 aromatic heterocycles. The van der Waals surface area contributed by atoms with E-state index in [1.165, 1.54) is 12.8 Å². The molecular weight excluding hydrogens is 233 g/mol. The van der Waals surface area contributed by atoms with Gasteiger partial charge >= 0.3 is 0 Å². The summed E-state index contributed by atoms with van der Waals surface area (Å²) in [4.78, 5) is 4.25. The van der Waals surface area contributed by atoms with Crippen LogP contribution < -0.4 is 0 Å². The Bertz CT molecular complexity index is 543. The van der Waals surface area contributed by atoms with Gasteiger partial charge in [0.25, 0.3) is 0 Å². The summed E-state index contributed by atoms with van der Waals surface area (Å²) in [5, 5.41) is 5.45. The van der Waals surface area contributed by atoms with Gasteiger partial charge in [0.05, 0.1) is 5.69 Å². The number of aromatic nitrogens is 3. The van der Waals surface area contributed by atoms with Crippen molar-refractivity contribution in [2.24, 2.45) is 0 Å². The summed E-state index contributed by atoms with van der Waals surface area (Å²) < 4.78 is 1.66. The largest absolute Gasteiger partial charge is 0.216 e. The molecule has 5 heteroatoms. The van der Waals surface area contributed by atoms with Crippen molar-refractivity contribution in [3.63, 3.8) is 0 Å². The molecule has 0 unspecified atom stereocenters. The predicted octanol–water partition coefficient (Wildman–Crippen LogP) is 3.22. The topological polar surface area (TPSA) is 30.2 Å². The van der Waals surface area contributed by atoms with E-state index in [2.05, 4.69) is 10.1 Å². The fourth-order valence-corrected chi connectivity index (χ4v) is 2.06. The van der Waals surface area contributed by atoms with E-state index in [-0.39, 0.29) is 0 Å². The van der Waals surface area contributed by atoms with Gasteiger partial charge in [0.1, 0.15) is 10.3 Å². The molecule has 15 heavy (non-hydrogen) atoms. The van der Waals surface area contributed by atoms with Crippen LogP contribution in [-0.4, -0.2) is 14.6 Å². The highest BCUT2D eigenvalue weighted by Crippen LogP contribution is 2.39. The fourth-order valence-electron chi connectivity index (χ4n) is 1.62. The van der Waals surface area contributed by atoms with Crippen molar-refractivity contribution >= 4 is 28.8 Å². The van der Waals surface area contributed by atoms with Gasteiger partial charge in [-0.05, 0) is 19.8 Å². The molecule has 1 aliphatic rings. The third kappa shape index (κ3) is 1.42. The van der Waals surface area contributed by atoms with Crippen molar-refractivity contribution in [2.75, 3.05) is 0 Å². The number of fused-ring (bicyclic) bond motifs is 1. The Labute approximate surface area is 97.0 Å². The quantitative estimate of drug-likeness (QED) is 0.718. The maximum atomic E-state index is 6.15. The molecular formula is C10H9Cl2N3. The molecule has 0 N–H and O–H groups in total. The first-order valence-electron chi connectivity index (χ1n) is 4.88. The zero-order valence-electron chi connectivity index (χ0n) is 8.17. The molecule has 0 atom stereocenters. The monoisotopic (exact) mass is 241 g/mol. The third-order valence-electron chi connectivity index (χ3n) is 2.72. The Kier molecular flexibility index (Phi) is 1.94. The molecule has 0 saturated heterocycles. The molecule has 2 heterocycles. The van der Waals surface area contributed by atoms with E-state index in [0.717, 1.165) is 16.9 Å². The highest BCUT2D eigenvalue weighted by atomic mass is 35.5. The summed E-state index contributed by atoms with van der Waals surface area (Å²) in [6, 6.07) is 1.97. The van der Waals surface area contributed by atoms with Crippen LogP contribution in [0.25, 0.3) is 5.65 Å². The van der Waals surface area contributed by atoms with Crippen molar-refractivity contribution in [1.29, 1.82) is 0 Å². The van der Waals surface area contributed by atoms with Gasteiger partial charge < -0.3 is 0 Å². The van der Waals surface area contributed by atoms with E-state index in [1.807, 2.05) is 13.0 Å². The average molecular weight is 242 g/mol. The number of nitrogens with zero attached hydrogens (tertiary/aromatic N) is 3. The molecule has 0 radical (unpaired) electrons. The SMILES string of the molecule is Cc1c(Cl)nc2cc(C3CC3)nn2c1Cl. The zero-order chi connectivity index (χ0) is 10.6. The van der Waals surface area contributed by atoms with E-state index in [0.29, 0.717) is 16.2 Å². The second-order valence-electron chi connectivity index (χ2n) is 3.93. The van der Waals surface area contributed by atoms with Crippen LogP contribution in [0, 0.1) is 6.92 Å². The predicted molar refractivity (Wildman–Crippen MR) is 59.7 cm³/mol. The van der Waals surface area contributed by atoms with Crippen LogP contribution in [0.4, 0.5) is 0 Å². The molecule has 3 nitrogen and oxygen atoms in total. The lowest BCUT2D eigenvalue weighted by atomic mass is 10.3. The lowest BCUT2D eigenvalue weighted by molar-refractivity contribution is 0.876. The van der Waals surface area contributed by atoms with Gasteiger partial charge in [-0.3, -0.25) is 0 Å². The Morgan fingerprint density at radius 2 is 2.13 bits per heavy atom. The Hall–Kier alpha value is -0.800. The molecule has 1 fully saturated rings. The normalized spacial score (nSPS) is 16.2. The molecule has 1 saturated carbocycles. The van der Waals surface area contributed by atoms with Gasteiger partial charge in [-0.1, -0.05) is 23.2 Å². The number of rotatable bonds is 1. The van der Waals surface area contributed by atoms with E-state index >= 15 is 0 Å². The standard InChI is InChI=1S/C10H9Cl2N3/c1-5-9(11)13-8-4-7(6-2-3-6)14-15(8)10(5)12/h4,6H,2-3H2,1H3. The molecule has 0 bridgehead atoms. The molecule has 0 aromatic carbocycles. The van der Waals surface area contributed by atoms with Crippen molar-refractivity contribution in [3.05, 3.63) is 27.6 Å². The first-order valence-corrected chi connectivity index (χ1v) is 5.63. The van der Waals surface area contributed by atoms with E-state index < -0.39 is 0 Å². The molecule has 78 valence electrons. The zero-order valence-corrected chi connectivity index (χ0v) is 9.68. The minimum absolute atomic E-state index is 0.453. The van der Waals surface area contributed by atoms with Crippen LogP contribution in [0.1, 0.15) is 30.0 Å². The molecule has 1 aliphatic carbocycles. The Balaban J connectivity index is 2.29. The number of hydrogen-bond acceptors (Lipinski definition) is 2. The summed E-state index contributed by atoms with van der Waals surface area (Å²) >= 11 is 12.1. The van der Waals surface area contributed by atoms with Gasteiger partial charge in [-0.15, -0.1) is 0 Å². The minimum atomic E-state index is 0.453. The van der Waals surface area contributed by atoms with E-state index in [9.17, 15) is 0 Å². The number of hydrogen-bond donors (Lipinski definition) is 0. The van der Waals surface area contributed by atoms with Crippen LogP contribution >= 0.6 is 23.2 Å².